The third kappa shape index (κ3) is 6.06. The molecule has 0 aliphatic heterocycles. The van der Waals surface area contributed by atoms with Gasteiger partial charge in [-0.2, -0.15) is 0 Å². The fraction of sp³-hybridized carbons (Fsp3) is 0.562. The molecule has 1 aromatic carbocycles. The van der Waals surface area contributed by atoms with Gasteiger partial charge in [0, 0.05) is 12.6 Å². The highest BCUT2D eigenvalue weighted by atomic mass is 16.5. The summed E-state index contributed by atoms with van der Waals surface area (Å²) in [5, 5.41) is 2.78. The van der Waals surface area contributed by atoms with Gasteiger partial charge in [-0.3, -0.25) is 4.79 Å². The molecular formula is C16H26N2O2. The molecule has 0 aromatic heterocycles. The van der Waals surface area contributed by atoms with Crippen LogP contribution in [0.25, 0.3) is 0 Å². The maximum absolute atomic E-state index is 11.5. The zero-order chi connectivity index (χ0) is 15.2. The van der Waals surface area contributed by atoms with Crippen molar-refractivity contribution >= 4 is 5.91 Å². The Hall–Kier alpha value is -1.55. The summed E-state index contributed by atoms with van der Waals surface area (Å²) in [5.41, 5.74) is 6.97. The van der Waals surface area contributed by atoms with E-state index in [1.165, 1.54) is 5.56 Å². The van der Waals surface area contributed by atoms with E-state index >= 15 is 0 Å². The lowest BCUT2D eigenvalue weighted by Crippen LogP contribution is -2.32. The van der Waals surface area contributed by atoms with E-state index in [9.17, 15) is 4.79 Å². The first-order valence-electron chi connectivity index (χ1n) is 7.04. The third-order valence-electron chi connectivity index (χ3n) is 3.01. The van der Waals surface area contributed by atoms with Crippen molar-refractivity contribution in [2.75, 3.05) is 13.2 Å². The average Bonchev–Trinajstić information content (AvgIpc) is 2.35. The third-order valence-corrected chi connectivity index (χ3v) is 3.01. The van der Waals surface area contributed by atoms with Gasteiger partial charge in [0.15, 0.2) is 6.61 Å². The Morgan fingerprint density at radius 2 is 1.90 bits per heavy atom. The van der Waals surface area contributed by atoms with Gasteiger partial charge < -0.3 is 15.8 Å². The van der Waals surface area contributed by atoms with Crippen LogP contribution in [0.4, 0.5) is 0 Å². The van der Waals surface area contributed by atoms with Crippen LogP contribution in [0.15, 0.2) is 24.3 Å². The van der Waals surface area contributed by atoms with Gasteiger partial charge in [-0.25, -0.2) is 0 Å². The molecule has 0 saturated carbocycles. The fourth-order valence-electron chi connectivity index (χ4n) is 1.69. The molecule has 0 bridgehead atoms. The predicted molar refractivity (Wildman–Crippen MR) is 81.9 cm³/mol. The zero-order valence-electron chi connectivity index (χ0n) is 12.9. The number of hydrogen-bond acceptors (Lipinski definition) is 3. The molecule has 0 radical (unpaired) electrons. The summed E-state index contributed by atoms with van der Waals surface area (Å²) in [6.45, 7) is 9.02. The number of ether oxygens (including phenoxy) is 1. The number of amides is 1. The Balaban J connectivity index is 2.37. The molecule has 0 aliphatic carbocycles. The van der Waals surface area contributed by atoms with E-state index < -0.39 is 0 Å². The predicted octanol–water partition coefficient (Wildman–Crippen LogP) is 2.22. The molecule has 0 saturated heterocycles. The van der Waals surface area contributed by atoms with Gasteiger partial charge in [-0.1, -0.05) is 32.9 Å². The summed E-state index contributed by atoms with van der Waals surface area (Å²) in [5.74, 6) is 0.589. The second kappa shape index (κ2) is 7.29. The molecule has 1 atom stereocenters. The van der Waals surface area contributed by atoms with Crippen molar-refractivity contribution in [1.29, 1.82) is 0 Å². The largest absolute Gasteiger partial charge is 0.484 e. The van der Waals surface area contributed by atoms with Crippen LogP contribution in [0.2, 0.25) is 0 Å². The first kappa shape index (κ1) is 16.5. The molecule has 4 heteroatoms. The number of benzene rings is 1. The molecule has 1 aromatic rings. The van der Waals surface area contributed by atoms with Crippen molar-refractivity contribution in [3.05, 3.63) is 29.8 Å². The molecule has 0 aliphatic rings. The van der Waals surface area contributed by atoms with Crippen molar-refractivity contribution in [3.8, 4) is 5.75 Å². The van der Waals surface area contributed by atoms with Gasteiger partial charge >= 0.3 is 0 Å². The van der Waals surface area contributed by atoms with Gasteiger partial charge in [-0.05, 0) is 36.5 Å². The van der Waals surface area contributed by atoms with E-state index in [1.807, 2.05) is 31.2 Å². The van der Waals surface area contributed by atoms with Gasteiger partial charge in [0.05, 0.1) is 0 Å². The molecule has 112 valence electrons. The maximum atomic E-state index is 11.5. The van der Waals surface area contributed by atoms with Gasteiger partial charge in [0.25, 0.3) is 5.91 Å². The Morgan fingerprint density at radius 3 is 2.40 bits per heavy atom. The highest BCUT2D eigenvalue weighted by molar-refractivity contribution is 5.77. The Labute approximate surface area is 121 Å². The lowest BCUT2D eigenvalue weighted by atomic mass is 9.87. The van der Waals surface area contributed by atoms with E-state index in [0.717, 1.165) is 6.42 Å². The van der Waals surface area contributed by atoms with Crippen LogP contribution in [0.1, 0.15) is 39.7 Å². The second-order valence-corrected chi connectivity index (χ2v) is 6.18. The molecule has 1 rings (SSSR count). The minimum Gasteiger partial charge on any atom is -0.484 e. The summed E-state index contributed by atoms with van der Waals surface area (Å²) >= 11 is 0. The van der Waals surface area contributed by atoms with E-state index in [2.05, 4.69) is 26.1 Å². The number of carbonyl (C=O) groups excluding carboxylic acids is 1. The molecule has 1 amide bonds. The maximum Gasteiger partial charge on any atom is 0.257 e. The summed E-state index contributed by atoms with van der Waals surface area (Å²) in [4.78, 5) is 11.5. The molecule has 4 nitrogen and oxygen atoms in total. The molecule has 0 heterocycles. The lowest BCUT2D eigenvalue weighted by molar-refractivity contribution is -0.123. The van der Waals surface area contributed by atoms with Gasteiger partial charge in [0.1, 0.15) is 5.75 Å². The van der Waals surface area contributed by atoms with Gasteiger partial charge in [0.2, 0.25) is 0 Å². The quantitative estimate of drug-likeness (QED) is 0.838. The molecule has 3 N–H and O–H groups in total. The van der Waals surface area contributed by atoms with Crippen LogP contribution in [0, 0.1) is 0 Å². The monoisotopic (exact) mass is 278 g/mol. The first-order valence-corrected chi connectivity index (χ1v) is 7.04. The highest BCUT2D eigenvalue weighted by Crippen LogP contribution is 2.24. The van der Waals surface area contributed by atoms with Gasteiger partial charge in [-0.15, -0.1) is 0 Å². The lowest BCUT2D eigenvalue weighted by Gasteiger charge is -2.19. The molecular weight excluding hydrogens is 252 g/mol. The fourth-order valence-corrected chi connectivity index (χ4v) is 1.69. The van der Waals surface area contributed by atoms with Crippen LogP contribution in [0.5, 0.6) is 5.75 Å². The molecule has 1 unspecified atom stereocenters. The minimum absolute atomic E-state index is 0.0355. The van der Waals surface area contributed by atoms with Crippen molar-refractivity contribution in [1.82, 2.24) is 5.32 Å². The smallest absolute Gasteiger partial charge is 0.257 e. The number of nitrogens with two attached hydrogens (primary N) is 1. The SMILES string of the molecule is CC(N)CCNC(=O)COc1ccc(C(C)(C)C)cc1. The van der Waals surface area contributed by atoms with Crippen molar-refractivity contribution in [2.45, 2.75) is 45.6 Å². The van der Waals surface area contributed by atoms with E-state index in [0.29, 0.717) is 12.3 Å². The zero-order valence-corrected chi connectivity index (χ0v) is 12.9. The number of carbonyl (C=O) groups is 1. The standard InChI is InChI=1S/C16H26N2O2/c1-12(17)9-10-18-15(19)11-20-14-7-5-13(6-8-14)16(2,3)4/h5-8,12H,9-11,17H2,1-4H3,(H,18,19). The van der Waals surface area contributed by atoms with Crippen LogP contribution in [-0.2, 0) is 10.2 Å². The molecule has 0 spiro atoms. The summed E-state index contributed by atoms with van der Waals surface area (Å²) in [6, 6.07) is 7.96. The van der Waals surface area contributed by atoms with E-state index in [4.69, 9.17) is 10.5 Å². The van der Waals surface area contributed by atoms with E-state index in [1.54, 1.807) is 0 Å². The Kier molecular flexibility index (Phi) is 6.02. The summed E-state index contributed by atoms with van der Waals surface area (Å²) < 4.78 is 5.45. The number of hydrogen-bond donors (Lipinski definition) is 2. The molecule has 20 heavy (non-hydrogen) atoms. The highest BCUT2D eigenvalue weighted by Gasteiger charge is 2.13. The minimum atomic E-state index is -0.120. The van der Waals surface area contributed by atoms with Crippen LogP contribution < -0.4 is 15.8 Å². The van der Waals surface area contributed by atoms with Crippen molar-refractivity contribution < 1.29 is 9.53 Å². The van der Waals surface area contributed by atoms with Crippen LogP contribution in [-0.4, -0.2) is 25.1 Å². The van der Waals surface area contributed by atoms with Crippen molar-refractivity contribution in [2.24, 2.45) is 5.73 Å². The summed E-state index contributed by atoms with van der Waals surface area (Å²) in [6.07, 6.45) is 0.770. The number of nitrogens with one attached hydrogen (secondary N) is 1. The number of rotatable bonds is 6. The van der Waals surface area contributed by atoms with Crippen LogP contribution in [0.3, 0.4) is 0 Å². The normalized spacial score (nSPS) is 12.8. The van der Waals surface area contributed by atoms with E-state index in [-0.39, 0.29) is 24.0 Å². The Morgan fingerprint density at radius 1 is 1.30 bits per heavy atom. The van der Waals surface area contributed by atoms with Crippen molar-refractivity contribution in [3.63, 3.8) is 0 Å². The van der Waals surface area contributed by atoms with Crippen LogP contribution >= 0.6 is 0 Å². The first-order chi connectivity index (χ1) is 9.29. The second-order valence-electron chi connectivity index (χ2n) is 6.18. The average molecular weight is 278 g/mol. The summed E-state index contributed by atoms with van der Waals surface area (Å²) in [7, 11) is 0. The topological polar surface area (TPSA) is 64.3 Å². The Bertz CT molecular complexity index is 419. The molecule has 0 fully saturated rings.